The largest absolute Gasteiger partial charge is 0.351 e. The first-order valence-corrected chi connectivity index (χ1v) is 8.60. The summed E-state index contributed by atoms with van der Waals surface area (Å²) in [4.78, 5) is 22.9. The maximum absolute atomic E-state index is 12.1. The van der Waals surface area contributed by atoms with E-state index in [2.05, 4.69) is 36.6 Å². The lowest BCUT2D eigenvalue weighted by molar-refractivity contribution is -0.117. The molecule has 0 aromatic heterocycles. The van der Waals surface area contributed by atoms with Gasteiger partial charge in [0.2, 0.25) is 5.91 Å². The summed E-state index contributed by atoms with van der Waals surface area (Å²) in [5.41, 5.74) is 8.88. The summed E-state index contributed by atoms with van der Waals surface area (Å²) in [6.45, 7) is 6.20. The molecule has 0 bridgehead atoms. The molecule has 0 radical (unpaired) electrons. The van der Waals surface area contributed by atoms with Gasteiger partial charge in [0.05, 0.1) is 6.04 Å². The number of nitrogens with two attached hydrogens (primary N) is 1. The molecule has 1 unspecified atom stereocenters. The number of rotatable bonds is 6. The normalized spacial score (nSPS) is 12.2. The summed E-state index contributed by atoms with van der Waals surface area (Å²) in [7, 11) is 0. The number of amides is 3. The number of hydrogen-bond donors (Lipinski definition) is 3. The number of anilines is 1. The van der Waals surface area contributed by atoms with Gasteiger partial charge in [0, 0.05) is 11.8 Å². The molecule has 0 aliphatic carbocycles. The van der Waals surface area contributed by atoms with Gasteiger partial charge in [-0.15, -0.1) is 0 Å². The lowest BCUT2D eigenvalue weighted by atomic mass is 10.0. The zero-order valence-electron chi connectivity index (χ0n) is 15.3. The third-order valence-electron chi connectivity index (χ3n) is 4.07. The van der Waals surface area contributed by atoms with Gasteiger partial charge in [-0.25, -0.2) is 4.79 Å². The van der Waals surface area contributed by atoms with Crippen molar-refractivity contribution >= 4 is 23.7 Å². The van der Waals surface area contributed by atoms with Gasteiger partial charge in [0.15, 0.2) is 0 Å². The number of primary amides is 1. The molecule has 0 saturated carbocycles. The van der Waals surface area contributed by atoms with Crippen LogP contribution in [-0.4, -0.2) is 11.9 Å². The molecule has 0 fully saturated rings. The quantitative estimate of drug-likeness (QED) is 0.682. The van der Waals surface area contributed by atoms with E-state index in [9.17, 15) is 9.59 Å². The first kappa shape index (κ1) is 19.2. The van der Waals surface area contributed by atoms with Gasteiger partial charge in [0.1, 0.15) is 0 Å². The van der Waals surface area contributed by atoms with E-state index in [0.717, 1.165) is 11.1 Å². The van der Waals surface area contributed by atoms with Crippen LogP contribution in [0.2, 0.25) is 0 Å². The predicted octanol–water partition coefficient (Wildman–Crippen LogP) is 4.19. The highest BCUT2D eigenvalue weighted by atomic mass is 16.2. The van der Waals surface area contributed by atoms with Crippen molar-refractivity contribution in [2.24, 2.45) is 5.73 Å². The van der Waals surface area contributed by atoms with Crippen LogP contribution in [0.3, 0.4) is 0 Å². The number of carbonyl (C=O) groups is 2. The lowest BCUT2D eigenvalue weighted by Gasteiger charge is -2.13. The molecule has 0 heterocycles. The molecule has 0 aliphatic rings. The van der Waals surface area contributed by atoms with E-state index in [-0.39, 0.29) is 11.9 Å². The Bertz CT molecular complexity index is 778. The highest BCUT2D eigenvalue weighted by Gasteiger charge is 2.08. The van der Waals surface area contributed by atoms with Crippen molar-refractivity contribution in [1.29, 1.82) is 0 Å². The van der Waals surface area contributed by atoms with Crippen molar-refractivity contribution in [3.63, 3.8) is 0 Å². The Morgan fingerprint density at radius 1 is 0.923 bits per heavy atom. The minimum atomic E-state index is -0.606. The van der Waals surface area contributed by atoms with Crippen LogP contribution in [0, 0.1) is 0 Å². The maximum Gasteiger partial charge on any atom is 0.316 e. The second kappa shape index (κ2) is 8.85. The Balaban J connectivity index is 1.92. The number of hydrogen-bond acceptors (Lipinski definition) is 2. The fourth-order valence-electron chi connectivity index (χ4n) is 2.51. The summed E-state index contributed by atoms with van der Waals surface area (Å²) in [5, 5.41) is 5.42. The average molecular weight is 351 g/mol. The Morgan fingerprint density at radius 3 is 2.04 bits per heavy atom. The van der Waals surface area contributed by atoms with Crippen molar-refractivity contribution < 1.29 is 9.59 Å². The van der Waals surface area contributed by atoms with Crippen molar-refractivity contribution in [3.05, 3.63) is 71.3 Å². The molecule has 136 valence electrons. The first-order valence-electron chi connectivity index (χ1n) is 8.60. The Labute approximate surface area is 154 Å². The molecule has 2 aromatic rings. The van der Waals surface area contributed by atoms with Crippen LogP contribution >= 0.6 is 0 Å². The Morgan fingerprint density at radius 2 is 1.50 bits per heavy atom. The molecule has 5 nitrogen and oxygen atoms in total. The van der Waals surface area contributed by atoms with E-state index >= 15 is 0 Å². The minimum Gasteiger partial charge on any atom is -0.351 e. The number of nitrogens with one attached hydrogen (secondary N) is 2. The fraction of sp³-hybridized carbons (Fsp3) is 0.238. The van der Waals surface area contributed by atoms with Crippen molar-refractivity contribution in [2.45, 2.75) is 32.7 Å². The first-order chi connectivity index (χ1) is 12.3. The molecule has 5 heteroatoms. The molecule has 2 rings (SSSR count). The second-order valence-electron chi connectivity index (χ2n) is 6.50. The molecule has 0 aliphatic heterocycles. The molecule has 0 saturated heterocycles. The van der Waals surface area contributed by atoms with Gasteiger partial charge in [-0.1, -0.05) is 50.2 Å². The monoisotopic (exact) mass is 351 g/mol. The van der Waals surface area contributed by atoms with E-state index < -0.39 is 6.03 Å². The third-order valence-corrected chi connectivity index (χ3v) is 4.07. The van der Waals surface area contributed by atoms with Crippen LogP contribution in [0.15, 0.2) is 54.6 Å². The van der Waals surface area contributed by atoms with Crippen LogP contribution in [0.1, 0.15) is 49.4 Å². The minimum absolute atomic E-state index is 0.155. The van der Waals surface area contributed by atoms with Crippen LogP contribution in [0.25, 0.3) is 6.08 Å². The van der Waals surface area contributed by atoms with Crippen LogP contribution in [0.4, 0.5) is 10.5 Å². The van der Waals surface area contributed by atoms with Gasteiger partial charge in [-0.2, -0.15) is 0 Å². The zero-order chi connectivity index (χ0) is 19.1. The van der Waals surface area contributed by atoms with E-state index in [1.165, 1.54) is 11.6 Å². The van der Waals surface area contributed by atoms with E-state index in [0.29, 0.717) is 11.6 Å². The summed E-state index contributed by atoms with van der Waals surface area (Å²) in [6, 6.07) is 14.6. The van der Waals surface area contributed by atoms with Crippen LogP contribution < -0.4 is 16.4 Å². The Kier molecular flexibility index (Phi) is 6.55. The van der Waals surface area contributed by atoms with Gasteiger partial charge < -0.3 is 16.4 Å². The molecular formula is C21H25N3O2. The molecule has 2 aromatic carbocycles. The predicted molar refractivity (Wildman–Crippen MR) is 106 cm³/mol. The fourth-order valence-corrected chi connectivity index (χ4v) is 2.51. The SMILES string of the molecule is CC(C)c1ccc(/C=C/C(=O)NC(C)c2ccc(NC(N)=O)cc2)cc1. The average Bonchev–Trinajstić information content (AvgIpc) is 2.60. The molecular weight excluding hydrogens is 326 g/mol. The Hall–Kier alpha value is -3.08. The van der Waals surface area contributed by atoms with Crippen molar-refractivity contribution in [2.75, 3.05) is 5.32 Å². The highest BCUT2D eigenvalue weighted by Crippen LogP contribution is 2.17. The summed E-state index contributed by atoms with van der Waals surface area (Å²) in [5.74, 6) is 0.325. The zero-order valence-corrected chi connectivity index (χ0v) is 15.3. The van der Waals surface area contributed by atoms with Crippen LogP contribution in [0.5, 0.6) is 0 Å². The third kappa shape index (κ3) is 5.77. The number of carbonyl (C=O) groups excluding carboxylic acids is 2. The van der Waals surface area contributed by atoms with E-state index in [4.69, 9.17) is 5.73 Å². The molecule has 3 amide bonds. The van der Waals surface area contributed by atoms with Gasteiger partial charge >= 0.3 is 6.03 Å². The van der Waals surface area contributed by atoms with Gasteiger partial charge in [-0.05, 0) is 47.7 Å². The van der Waals surface area contributed by atoms with Crippen molar-refractivity contribution in [1.82, 2.24) is 5.32 Å². The molecule has 1 atom stereocenters. The summed E-state index contributed by atoms with van der Waals surface area (Å²) >= 11 is 0. The lowest BCUT2D eigenvalue weighted by Crippen LogP contribution is -2.24. The maximum atomic E-state index is 12.1. The van der Waals surface area contributed by atoms with E-state index in [1.807, 2.05) is 31.2 Å². The summed E-state index contributed by atoms with van der Waals surface area (Å²) in [6.07, 6.45) is 3.33. The molecule has 26 heavy (non-hydrogen) atoms. The highest BCUT2D eigenvalue weighted by molar-refractivity contribution is 5.92. The van der Waals surface area contributed by atoms with E-state index in [1.54, 1.807) is 18.2 Å². The summed E-state index contributed by atoms with van der Waals surface area (Å²) < 4.78 is 0. The van der Waals surface area contributed by atoms with Gasteiger partial charge in [-0.3, -0.25) is 4.79 Å². The smallest absolute Gasteiger partial charge is 0.316 e. The van der Waals surface area contributed by atoms with Crippen molar-refractivity contribution in [3.8, 4) is 0 Å². The second-order valence-corrected chi connectivity index (χ2v) is 6.50. The van der Waals surface area contributed by atoms with Gasteiger partial charge in [0.25, 0.3) is 0 Å². The molecule has 4 N–H and O–H groups in total. The van der Waals surface area contributed by atoms with Crippen LogP contribution in [-0.2, 0) is 4.79 Å². The number of urea groups is 1. The topological polar surface area (TPSA) is 84.2 Å². The molecule has 0 spiro atoms. The number of benzene rings is 2. The standard InChI is InChI=1S/C21H25N3O2/c1-14(2)17-7-4-16(5-8-17)6-13-20(25)23-15(3)18-9-11-19(12-10-18)24-21(22)26/h4-15H,1-3H3,(H,23,25)(H3,22,24,26)/b13-6+.